The smallest absolute Gasteiger partial charge is 0.323 e. The van der Waals surface area contributed by atoms with Crippen molar-refractivity contribution >= 4 is 44.9 Å². The third-order valence-electron chi connectivity index (χ3n) is 8.68. The van der Waals surface area contributed by atoms with E-state index in [0.717, 1.165) is 12.8 Å². The number of aromatic nitrogens is 1. The van der Waals surface area contributed by atoms with Crippen molar-refractivity contribution in [1.82, 2.24) is 4.98 Å². The molecule has 3 heterocycles. The van der Waals surface area contributed by atoms with E-state index in [9.17, 15) is 26.8 Å². The zero-order valence-electron chi connectivity index (χ0n) is 25.2. The fourth-order valence-electron chi connectivity index (χ4n) is 5.83. The van der Waals surface area contributed by atoms with Crippen LogP contribution in [0.3, 0.4) is 0 Å². The van der Waals surface area contributed by atoms with E-state index in [2.05, 4.69) is 19.9 Å². The van der Waals surface area contributed by atoms with Crippen molar-refractivity contribution in [1.29, 1.82) is 0 Å². The predicted molar refractivity (Wildman–Crippen MR) is 163 cm³/mol. The molecule has 2 N–H and O–H groups in total. The zero-order chi connectivity index (χ0) is 31.7. The molecular weight excluding hydrogens is 596 g/mol. The van der Waals surface area contributed by atoms with Crippen LogP contribution >= 0.6 is 0 Å². The Balaban J connectivity index is 1.42. The van der Waals surface area contributed by atoms with Gasteiger partial charge in [-0.15, -0.1) is 0 Å². The zero-order valence-corrected chi connectivity index (χ0v) is 26.1. The lowest BCUT2D eigenvalue weighted by Crippen LogP contribution is -2.40. The molecule has 240 valence electrons. The van der Waals surface area contributed by atoms with E-state index in [4.69, 9.17) is 9.47 Å². The second-order valence-electron chi connectivity index (χ2n) is 11.9. The molecule has 1 aromatic carbocycles. The second-order valence-corrected chi connectivity index (χ2v) is 13.6. The summed E-state index contributed by atoms with van der Waals surface area (Å²) in [5.41, 5.74) is 2.01. The number of esters is 1. The van der Waals surface area contributed by atoms with Gasteiger partial charge in [0.15, 0.2) is 17.3 Å². The van der Waals surface area contributed by atoms with E-state index >= 15 is 0 Å². The molecule has 0 radical (unpaired) electrons. The number of hydrogen-bond acceptors (Lipinski definition) is 9. The number of carbonyl (C=O) groups excluding carboxylic acids is 2. The fraction of sp³-hybridized carbons (Fsp3) is 0.567. The van der Waals surface area contributed by atoms with Gasteiger partial charge in [-0.1, -0.05) is 0 Å². The molecule has 5 rings (SSSR count). The number of halogens is 2. The Morgan fingerprint density at radius 3 is 2.27 bits per heavy atom. The molecule has 3 fully saturated rings. The average Bonchev–Trinajstić information content (AvgIpc) is 3.72. The summed E-state index contributed by atoms with van der Waals surface area (Å²) in [6.45, 7) is 4.96. The Morgan fingerprint density at radius 2 is 1.66 bits per heavy atom. The topological polar surface area (TPSA) is 130 Å². The van der Waals surface area contributed by atoms with E-state index in [0.29, 0.717) is 46.9 Å². The van der Waals surface area contributed by atoms with Crippen LogP contribution in [-0.4, -0.2) is 76.8 Å². The predicted octanol–water partition coefficient (Wildman–Crippen LogP) is 4.57. The molecule has 0 bridgehead atoms. The minimum Gasteiger partial charge on any atom is -0.493 e. The van der Waals surface area contributed by atoms with Crippen LogP contribution in [0.2, 0.25) is 0 Å². The van der Waals surface area contributed by atoms with E-state index in [-0.39, 0.29) is 44.0 Å². The van der Waals surface area contributed by atoms with Crippen LogP contribution in [0.1, 0.15) is 61.4 Å². The number of aryl methyl sites for hydroxylation is 1. The number of nitrogens with one attached hydrogen (secondary N) is 2. The standard InChI is InChI=1S/C30H39F2N5O6S/c1-4-43-26(38)19-44(40,41)35-22-18-23(36-13-9-29(7-8-29)10-14-36)21(17-20(22)2)28(39)34-25-6-5-24(42-3)27(33-25)37-15-11-30(31,32)12-16-37/h5-6,17-18,35H,4,7-16,19H2,1-3H3,(H,33,34,39). The highest BCUT2D eigenvalue weighted by molar-refractivity contribution is 7.93. The summed E-state index contributed by atoms with van der Waals surface area (Å²) in [7, 11) is -2.59. The number of methoxy groups -OCH3 is 1. The quantitative estimate of drug-likeness (QED) is 0.361. The highest BCUT2D eigenvalue weighted by Gasteiger charge is 2.45. The Kier molecular flexibility index (Phi) is 8.92. The monoisotopic (exact) mass is 635 g/mol. The molecule has 1 aliphatic carbocycles. The van der Waals surface area contributed by atoms with Gasteiger partial charge in [0, 0.05) is 39.0 Å². The highest BCUT2D eigenvalue weighted by Crippen LogP contribution is 2.54. The first-order valence-corrected chi connectivity index (χ1v) is 16.5. The summed E-state index contributed by atoms with van der Waals surface area (Å²) >= 11 is 0. The first-order chi connectivity index (χ1) is 20.8. The van der Waals surface area contributed by atoms with Crippen LogP contribution in [0.15, 0.2) is 24.3 Å². The molecule has 11 nitrogen and oxygen atoms in total. The summed E-state index contributed by atoms with van der Waals surface area (Å²) in [6, 6.07) is 6.48. The third-order valence-corrected chi connectivity index (χ3v) is 9.83. The molecule has 1 amide bonds. The molecule has 2 aliphatic heterocycles. The number of benzene rings is 1. The summed E-state index contributed by atoms with van der Waals surface area (Å²) in [4.78, 5) is 34.0. The Morgan fingerprint density at radius 1 is 1.00 bits per heavy atom. The first kappa shape index (κ1) is 31.7. The minimum atomic E-state index is -4.06. The van der Waals surface area contributed by atoms with Crippen molar-refractivity contribution in [3.8, 4) is 5.75 Å². The van der Waals surface area contributed by atoms with Gasteiger partial charge in [-0.2, -0.15) is 0 Å². The number of pyridine rings is 1. The number of piperidine rings is 2. The van der Waals surface area contributed by atoms with Gasteiger partial charge in [-0.25, -0.2) is 22.2 Å². The van der Waals surface area contributed by atoms with Gasteiger partial charge in [0.25, 0.3) is 11.8 Å². The number of nitrogens with zero attached hydrogens (tertiary/aromatic N) is 3. The molecule has 14 heteroatoms. The van der Waals surface area contributed by atoms with Gasteiger partial charge < -0.3 is 24.6 Å². The average molecular weight is 636 g/mol. The van der Waals surface area contributed by atoms with Crippen molar-refractivity contribution < 1.29 is 36.3 Å². The number of rotatable bonds is 10. The molecule has 0 unspecified atom stereocenters. The summed E-state index contributed by atoms with van der Waals surface area (Å²) in [5.74, 6) is -3.86. The third kappa shape index (κ3) is 7.33. The van der Waals surface area contributed by atoms with Gasteiger partial charge in [0.2, 0.25) is 10.0 Å². The molecule has 3 aliphatic rings. The molecule has 2 aromatic rings. The minimum absolute atomic E-state index is 0.0658. The molecule has 44 heavy (non-hydrogen) atoms. The van der Waals surface area contributed by atoms with Gasteiger partial charge in [-0.05, 0) is 74.8 Å². The number of carbonyl (C=O) groups is 2. The SMILES string of the molecule is CCOC(=O)CS(=O)(=O)Nc1cc(N2CCC3(CC2)CC3)c(C(=O)Nc2ccc(OC)c(N3CCC(F)(F)CC3)n2)cc1C. The number of alkyl halides is 2. The lowest BCUT2D eigenvalue weighted by atomic mass is 9.92. The Labute approximate surface area is 256 Å². The molecular formula is C30H39F2N5O6S. The molecule has 2 saturated heterocycles. The van der Waals surface area contributed by atoms with E-state index in [1.165, 1.54) is 20.0 Å². The van der Waals surface area contributed by atoms with Crippen molar-refractivity contribution in [2.24, 2.45) is 5.41 Å². The summed E-state index contributed by atoms with van der Waals surface area (Å²) in [5, 5.41) is 2.84. The van der Waals surface area contributed by atoms with Crippen LogP contribution in [0.4, 0.5) is 31.8 Å². The lowest BCUT2D eigenvalue weighted by molar-refractivity contribution is -0.139. The van der Waals surface area contributed by atoms with Crippen molar-refractivity contribution in [2.45, 2.75) is 58.3 Å². The molecule has 1 spiro atoms. The van der Waals surface area contributed by atoms with Crippen LogP contribution in [0.5, 0.6) is 5.75 Å². The largest absolute Gasteiger partial charge is 0.493 e. The van der Waals surface area contributed by atoms with Gasteiger partial charge >= 0.3 is 5.97 Å². The fourth-order valence-corrected chi connectivity index (χ4v) is 6.85. The summed E-state index contributed by atoms with van der Waals surface area (Å²) < 4.78 is 65.8. The highest BCUT2D eigenvalue weighted by atomic mass is 32.2. The first-order valence-electron chi connectivity index (χ1n) is 14.9. The van der Waals surface area contributed by atoms with E-state index in [1.54, 1.807) is 43.0 Å². The molecule has 1 aromatic heterocycles. The maximum Gasteiger partial charge on any atom is 0.323 e. The molecule has 0 atom stereocenters. The lowest BCUT2D eigenvalue weighted by Gasteiger charge is -2.35. The maximum atomic E-state index is 13.8. The van der Waals surface area contributed by atoms with E-state index in [1.807, 2.05) is 0 Å². The number of hydrogen-bond donors (Lipinski definition) is 2. The Bertz CT molecular complexity index is 1510. The maximum absolute atomic E-state index is 13.8. The van der Waals surface area contributed by atoms with Crippen LogP contribution in [-0.2, 0) is 19.6 Å². The van der Waals surface area contributed by atoms with Crippen LogP contribution < -0.4 is 24.6 Å². The van der Waals surface area contributed by atoms with Crippen molar-refractivity contribution in [3.05, 3.63) is 35.4 Å². The summed E-state index contributed by atoms with van der Waals surface area (Å²) in [6.07, 6.45) is 3.74. The number of amides is 1. The van der Waals surface area contributed by atoms with Crippen molar-refractivity contribution in [3.63, 3.8) is 0 Å². The van der Waals surface area contributed by atoms with E-state index < -0.39 is 33.6 Å². The number of anilines is 4. The van der Waals surface area contributed by atoms with Crippen molar-refractivity contribution in [2.75, 3.05) is 65.5 Å². The van der Waals surface area contributed by atoms with Crippen LogP contribution in [0, 0.1) is 12.3 Å². The number of ether oxygens (including phenoxy) is 2. The van der Waals surface area contributed by atoms with Gasteiger partial charge in [-0.3, -0.25) is 14.3 Å². The van der Waals surface area contributed by atoms with Gasteiger partial charge in [0.1, 0.15) is 5.82 Å². The Hall–Kier alpha value is -3.68. The van der Waals surface area contributed by atoms with Gasteiger partial charge in [0.05, 0.1) is 30.7 Å². The second kappa shape index (κ2) is 12.4. The number of sulfonamides is 1. The molecule has 1 saturated carbocycles. The van der Waals surface area contributed by atoms with Crippen LogP contribution in [0.25, 0.3) is 0 Å². The normalized spacial score (nSPS) is 18.9.